The van der Waals surface area contributed by atoms with Crippen LogP contribution in [-0.2, 0) is 16.3 Å². The highest BCUT2D eigenvalue weighted by molar-refractivity contribution is 7.91. The Morgan fingerprint density at radius 3 is 2.69 bits per heavy atom. The van der Waals surface area contributed by atoms with E-state index in [1.807, 2.05) is 36.5 Å². The van der Waals surface area contributed by atoms with Gasteiger partial charge in [-0.15, -0.1) is 0 Å². The molecule has 1 aliphatic rings. The zero-order valence-corrected chi connectivity index (χ0v) is 9.86. The Bertz CT molecular complexity index is 465. The summed E-state index contributed by atoms with van der Waals surface area (Å²) in [7, 11) is -2.80. The van der Waals surface area contributed by atoms with E-state index in [1.165, 1.54) is 5.56 Å². The molecular weight excluding hydrogens is 222 g/mol. The highest BCUT2D eigenvalue weighted by atomic mass is 32.2. The summed E-state index contributed by atoms with van der Waals surface area (Å²) in [6.07, 6.45) is 3.28. The predicted octanol–water partition coefficient (Wildman–Crippen LogP) is 1.49. The van der Waals surface area contributed by atoms with Gasteiger partial charge in [0.25, 0.3) is 0 Å². The average molecular weight is 237 g/mol. The van der Waals surface area contributed by atoms with Crippen LogP contribution >= 0.6 is 0 Å². The topological polar surface area (TPSA) is 46.5 Å². The third-order valence-electron chi connectivity index (χ3n) is 2.69. The van der Waals surface area contributed by atoms with E-state index in [0.717, 1.165) is 6.42 Å². The number of rotatable bonds is 3. The van der Waals surface area contributed by atoms with E-state index in [9.17, 15) is 8.42 Å². The van der Waals surface area contributed by atoms with Gasteiger partial charge in [-0.1, -0.05) is 30.3 Å². The Balaban J connectivity index is 1.87. The fourth-order valence-corrected chi connectivity index (χ4v) is 3.45. The van der Waals surface area contributed by atoms with E-state index < -0.39 is 9.84 Å². The van der Waals surface area contributed by atoms with Crippen molar-refractivity contribution in [3.8, 4) is 0 Å². The largest absolute Gasteiger partial charge is 0.293 e. The zero-order valence-electron chi connectivity index (χ0n) is 9.04. The first-order valence-electron chi connectivity index (χ1n) is 5.42. The SMILES string of the molecule is O=S1(=O)CC[C@@H](N=CCc2ccccc2)C1. The maximum atomic E-state index is 11.2. The van der Waals surface area contributed by atoms with Crippen LogP contribution in [-0.4, -0.2) is 32.2 Å². The molecule has 0 N–H and O–H groups in total. The lowest BCUT2D eigenvalue weighted by Crippen LogP contribution is -2.07. The lowest BCUT2D eigenvalue weighted by molar-refractivity contribution is 0.601. The smallest absolute Gasteiger partial charge is 0.152 e. The van der Waals surface area contributed by atoms with Crippen LogP contribution in [0.25, 0.3) is 0 Å². The van der Waals surface area contributed by atoms with Crippen LogP contribution in [0.4, 0.5) is 0 Å². The normalized spacial score (nSPS) is 23.9. The first kappa shape index (κ1) is 11.3. The van der Waals surface area contributed by atoms with E-state index in [1.54, 1.807) is 0 Å². The summed E-state index contributed by atoms with van der Waals surface area (Å²) in [5.41, 5.74) is 1.20. The standard InChI is InChI=1S/C12H15NO2S/c14-16(15)9-7-12(10-16)13-8-6-11-4-2-1-3-5-11/h1-5,8,12H,6-7,9-10H2/t12-/m1/s1. The van der Waals surface area contributed by atoms with Crippen LogP contribution in [0.2, 0.25) is 0 Å². The molecule has 0 aromatic heterocycles. The van der Waals surface area contributed by atoms with Gasteiger partial charge in [0, 0.05) is 12.6 Å². The van der Waals surface area contributed by atoms with Crippen molar-refractivity contribution in [3.63, 3.8) is 0 Å². The number of nitrogens with zero attached hydrogens (tertiary/aromatic N) is 1. The highest BCUT2D eigenvalue weighted by Gasteiger charge is 2.26. The van der Waals surface area contributed by atoms with Gasteiger partial charge in [0.05, 0.1) is 17.5 Å². The number of aliphatic imine (C=N–C) groups is 1. The van der Waals surface area contributed by atoms with Gasteiger partial charge in [0.1, 0.15) is 0 Å². The van der Waals surface area contributed by atoms with Gasteiger partial charge in [-0.2, -0.15) is 0 Å². The van der Waals surface area contributed by atoms with E-state index in [-0.39, 0.29) is 11.8 Å². The molecule has 1 fully saturated rings. The van der Waals surface area contributed by atoms with Gasteiger partial charge in [-0.25, -0.2) is 8.42 Å². The monoisotopic (exact) mass is 237 g/mol. The van der Waals surface area contributed by atoms with Gasteiger partial charge >= 0.3 is 0 Å². The number of hydrogen-bond acceptors (Lipinski definition) is 3. The molecule has 16 heavy (non-hydrogen) atoms. The lowest BCUT2D eigenvalue weighted by Gasteiger charge is -1.99. The van der Waals surface area contributed by atoms with Crippen molar-refractivity contribution in [1.29, 1.82) is 0 Å². The van der Waals surface area contributed by atoms with E-state index in [2.05, 4.69) is 4.99 Å². The van der Waals surface area contributed by atoms with Crippen molar-refractivity contribution in [2.45, 2.75) is 18.9 Å². The fourth-order valence-electron chi connectivity index (χ4n) is 1.81. The summed E-state index contributed by atoms with van der Waals surface area (Å²) in [6, 6.07) is 10.0. The molecule has 0 unspecified atom stereocenters. The molecule has 1 atom stereocenters. The maximum absolute atomic E-state index is 11.2. The summed E-state index contributed by atoms with van der Waals surface area (Å²) >= 11 is 0. The van der Waals surface area contributed by atoms with Crippen LogP contribution in [0.15, 0.2) is 35.3 Å². The second-order valence-corrected chi connectivity index (χ2v) is 6.31. The molecule has 0 radical (unpaired) electrons. The quantitative estimate of drug-likeness (QED) is 0.748. The minimum atomic E-state index is -2.80. The number of sulfone groups is 1. The molecule has 0 aliphatic carbocycles. The van der Waals surface area contributed by atoms with Gasteiger partial charge in [0.15, 0.2) is 9.84 Å². The summed E-state index contributed by atoms with van der Waals surface area (Å²) in [5.74, 6) is 0.513. The molecule has 1 aromatic carbocycles. The van der Waals surface area contributed by atoms with Crippen molar-refractivity contribution >= 4 is 16.1 Å². The van der Waals surface area contributed by atoms with Gasteiger partial charge in [-0.3, -0.25) is 4.99 Å². The highest BCUT2D eigenvalue weighted by Crippen LogP contribution is 2.14. The summed E-state index contributed by atoms with van der Waals surface area (Å²) < 4.78 is 22.4. The van der Waals surface area contributed by atoms with Crippen molar-refractivity contribution in [3.05, 3.63) is 35.9 Å². The maximum Gasteiger partial charge on any atom is 0.152 e. The molecule has 1 aromatic rings. The molecule has 1 saturated heterocycles. The van der Waals surface area contributed by atoms with E-state index in [0.29, 0.717) is 12.2 Å². The first-order chi connectivity index (χ1) is 7.66. The second kappa shape index (κ2) is 4.78. The first-order valence-corrected chi connectivity index (χ1v) is 7.24. The fraction of sp³-hybridized carbons (Fsp3) is 0.417. The lowest BCUT2D eigenvalue weighted by atomic mass is 10.2. The van der Waals surface area contributed by atoms with Crippen molar-refractivity contribution in [2.75, 3.05) is 11.5 Å². The number of benzene rings is 1. The van der Waals surface area contributed by atoms with Crippen molar-refractivity contribution in [1.82, 2.24) is 0 Å². The van der Waals surface area contributed by atoms with Gasteiger partial charge in [0.2, 0.25) is 0 Å². The summed E-state index contributed by atoms with van der Waals surface area (Å²) in [4.78, 5) is 4.31. The van der Waals surface area contributed by atoms with Gasteiger partial charge in [-0.05, 0) is 12.0 Å². The zero-order chi connectivity index (χ0) is 11.4. The van der Waals surface area contributed by atoms with E-state index in [4.69, 9.17) is 0 Å². The third kappa shape index (κ3) is 3.17. The predicted molar refractivity (Wildman–Crippen MR) is 65.7 cm³/mol. The minimum absolute atomic E-state index is 0.0197. The van der Waals surface area contributed by atoms with Crippen LogP contribution in [0.1, 0.15) is 12.0 Å². The number of hydrogen-bond donors (Lipinski definition) is 0. The summed E-state index contributed by atoms with van der Waals surface area (Å²) in [5, 5.41) is 0. The molecular formula is C12H15NO2S. The average Bonchev–Trinajstić information content (AvgIpc) is 2.60. The molecule has 1 aliphatic heterocycles. The Morgan fingerprint density at radius 1 is 1.31 bits per heavy atom. The van der Waals surface area contributed by atoms with Crippen LogP contribution in [0.3, 0.4) is 0 Å². The molecule has 0 spiro atoms. The second-order valence-electron chi connectivity index (χ2n) is 4.08. The van der Waals surface area contributed by atoms with E-state index >= 15 is 0 Å². The Hall–Kier alpha value is -1.16. The molecule has 2 rings (SSSR count). The molecule has 3 nitrogen and oxygen atoms in total. The molecule has 0 amide bonds. The molecule has 4 heteroatoms. The van der Waals surface area contributed by atoms with Crippen LogP contribution in [0, 0.1) is 0 Å². The minimum Gasteiger partial charge on any atom is -0.293 e. The summed E-state index contributed by atoms with van der Waals surface area (Å²) in [6.45, 7) is 0. The van der Waals surface area contributed by atoms with Gasteiger partial charge < -0.3 is 0 Å². The molecule has 1 heterocycles. The Kier molecular flexibility index (Phi) is 3.39. The third-order valence-corrected chi connectivity index (χ3v) is 4.44. The molecule has 0 saturated carbocycles. The van der Waals surface area contributed by atoms with Crippen molar-refractivity contribution < 1.29 is 8.42 Å². The Labute approximate surface area is 96.1 Å². The van der Waals surface area contributed by atoms with Crippen LogP contribution < -0.4 is 0 Å². The Morgan fingerprint density at radius 2 is 2.06 bits per heavy atom. The van der Waals surface area contributed by atoms with Crippen LogP contribution in [0.5, 0.6) is 0 Å². The molecule has 86 valence electrons. The molecule has 0 bridgehead atoms. The van der Waals surface area contributed by atoms with Crippen molar-refractivity contribution in [2.24, 2.45) is 4.99 Å².